The van der Waals surface area contributed by atoms with Crippen molar-refractivity contribution in [3.8, 4) is 22.6 Å². The fourth-order valence-electron chi connectivity index (χ4n) is 3.23. The molecule has 0 unspecified atom stereocenters. The average Bonchev–Trinajstić information content (AvgIpc) is 3.15. The summed E-state index contributed by atoms with van der Waals surface area (Å²) < 4.78 is 7.44. The minimum atomic E-state index is 0.842. The number of unbranched alkanes of at least 4 members (excludes halogenated alkanes) is 1. The minimum absolute atomic E-state index is 0.842. The van der Waals surface area contributed by atoms with Crippen molar-refractivity contribution >= 4 is 22.8 Å². The van der Waals surface area contributed by atoms with Crippen LogP contribution in [-0.4, -0.2) is 27.4 Å². The number of methoxy groups -OCH3 is 1. The first-order valence-corrected chi connectivity index (χ1v) is 10.5. The van der Waals surface area contributed by atoms with Crippen molar-refractivity contribution in [2.45, 2.75) is 24.8 Å². The van der Waals surface area contributed by atoms with E-state index in [4.69, 9.17) is 4.74 Å². The maximum Gasteiger partial charge on any atom is 0.149 e. The molecule has 4 nitrogen and oxygen atoms in total. The molecule has 0 spiro atoms. The summed E-state index contributed by atoms with van der Waals surface area (Å²) >= 11 is 1.81. The highest BCUT2D eigenvalue weighted by Crippen LogP contribution is 2.37. The maximum absolute atomic E-state index is 5.30. The smallest absolute Gasteiger partial charge is 0.149 e. The van der Waals surface area contributed by atoms with Gasteiger partial charge >= 0.3 is 0 Å². The van der Waals surface area contributed by atoms with Crippen molar-refractivity contribution in [2.75, 3.05) is 12.9 Å². The molecule has 2 heterocycles. The van der Waals surface area contributed by atoms with Crippen molar-refractivity contribution in [3.05, 3.63) is 67.1 Å². The summed E-state index contributed by atoms with van der Waals surface area (Å²) in [5.74, 6) is 1.90. The number of ether oxygens (including phenoxy) is 1. The van der Waals surface area contributed by atoms with E-state index in [1.54, 1.807) is 13.4 Å². The van der Waals surface area contributed by atoms with E-state index in [1.165, 1.54) is 18.4 Å². The quantitative estimate of drug-likeness (QED) is 0.221. The number of fused-ring (bicyclic) bond motifs is 1. The summed E-state index contributed by atoms with van der Waals surface area (Å²) in [6.07, 6.45) is 6.20. The topological polar surface area (TPSA) is 39.9 Å². The molecular weight excluding hydrogens is 366 g/mol. The number of benzene rings is 2. The molecule has 142 valence electrons. The molecule has 4 rings (SSSR count). The van der Waals surface area contributed by atoms with Gasteiger partial charge in [-0.15, -0.1) is 11.8 Å². The van der Waals surface area contributed by atoms with E-state index < -0.39 is 0 Å². The number of rotatable bonds is 7. The lowest BCUT2D eigenvalue weighted by molar-refractivity contribution is 0.415. The molecule has 4 aromatic rings. The van der Waals surface area contributed by atoms with E-state index in [1.807, 2.05) is 30.0 Å². The van der Waals surface area contributed by atoms with Crippen molar-refractivity contribution in [3.63, 3.8) is 0 Å². The van der Waals surface area contributed by atoms with Gasteiger partial charge in [0.15, 0.2) is 0 Å². The van der Waals surface area contributed by atoms with Crippen molar-refractivity contribution in [1.82, 2.24) is 14.5 Å². The number of thioether (sulfide) groups is 1. The van der Waals surface area contributed by atoms with Crippen LogP contribution in [0, 0.1) is 0 Å². The van der Waals surface area contributed by atoms with Gasteiger partial charge in [0.1, 0.15) is 22.7 Å². The molecule has 0 saturated heterocycles. The zero-order chi connectivity index (χ0) is 19.3. The van der Waals surface area contributed by atoms with Gasteiger partial charge in [0.25, 0.3) is 0 Å². The highest BCUT2D eigenvalue weighted by atomic mass is 32.2. The molecule has 0 aliphatic heterocycles. The third-order valence-corrected chi connectivity index (χ3v) is 5.80. The van der Waals surface area contributed by atoms with Gasteiger partial charge in [-0.1, -0.05) is 43.7 Å². The van der Waals surface area contributed by atoms with Crippen LogP contribution in [-0.2, 0) is 0 Å². The molecule has 0 fully saturated rings. The van der Waals surface area contributed by atoms with Gasteiger partial charge in [0.05, 0.1) is 12.5 Å². The van der Waals surface area contributed by atoms with Crippen molar-refractivity contribution in [2.24, 2.45) is 0 Å². The zero-order valence-electron chi connectivity index (χ0n) is 16.1. The van der Waals surface area contributed by atoms with Crippen LogP contribution in [0.3, 0.4) is 0 Å². The number of aromatic nitrogens is 3. The van der Waals surface area contributed by atoms with Gasteiger partial charge < -0.3 is 9.30 Å². The van der Waals surface area contributed by atoms with Gasteiger partial charge in [0.2, 0.25) is 0 Å². The highest BCUT2D eigenvalue weighted by molar-refractivity contribution is 7.99. The maximum atomic E-state index is 5.30. The number of nitrogens with zero attached hydrogens (tertiary/aromatic N) is 3. The fraction of sp³-hybridized carbons (Fsp3) is 0.217. The van der Waals surface area contributed by atoms with Crippen LogP contribution in [0.15, 0.2) is 72.1 Å². The first-order chi connectivity index (χ1) is 13.8. The molecule has 0 aliphatic carbocycles. The number of hydrogen-bond acceptors (Lipinski definition) is 4. The third-order valence-electron chi connectivity index (χ3n) is 4.72. The van der Waals surface area contributed by atoms with E-state index in [9.17, 15) is 0 Å². The fourth-order valence-corrected chi connectivity index (χ4v) is 4.33. The summed E-state index contributed by atoms with van der Waals surface area (Å²) in [6, 6.07) is 18.5. The molecule has 2 aromatic carbocycles. The molecular formula is C23H23N3OS. The second-order valence-corrected chi connectivity index (χ2v) is 7.64. The van der Waals surface area contributed by atoms with Gasteiger partial charge in [-0.3, -0.25) is 0 Å². The van der Waals surface area contributed by atoms with Crippen LogP contribution in [0.25, 0.3) is 27.8 Å². The van der Waals surface area contributed by atoms with Crippen molar-refractivity contribution < 1.29 is 4.74 Å². The second-order valence-electron chi connectivity index (χ2n) is 6.56. The van der Waals surface area contributed by atoms with Crippen LogP contribution in [0.4, 0.5) is 0 Å². The zero-order valence-corrected chi connectivity index (χ0v) is 16.9. The molecule has 0 bridgehead atoms. The number of hydrogen-bond donors (Lipinski definition) is 0. The SMILES string of the molecule is CCCCSc1ncnc2c1c(-c1ccccc1)cn2-c1ccc(OC)cc1. The van der Waals surface area contributed by atoms with Gasteiger partial charge in [0, 0.05) is 17.4 Å². The van der Waals surface area contributed by atoms with Crippen LogP contribution >= 0.6 is 11.8 Å². The van der Waals surface area contributed by atoms with E-state index >= 15 is 0 Å². The summed E-state index contributed by atoms with van der Waals surface area (Å²) in [4.78, 5) is 9.26. The standard InChI is InChI=1S/C23H23N3OS/c1-3-4-14-28-23-21-20(17-8-6-5-7-9-17)15-26(22(21)24-16-25-23)18-10-12-19(27-2)13-11-18/h5-13,15-16H,3-4,14H2,1-2H3. The van der Waals surface area contributed by atoms with Crippen LogP contribution in [0.2, 0.25) is 0 Å². The predicted octanol–water partition coefficient (Wildman–Crippen LogP) is 5.99. The molecule has 5 heteroatoms. The highest BCUT2D eigenvalue weighted by Gasteiger charge is 2.17. The Bertz CT molecular complexity index is 1060. The van der Waals surface area contributed by atoms with Gasteiger partial charge in [-0.25, -0.2) is 9.97 Å². The van der Waals surface area contributed by atoms with Gasteiger partial charge in [-0.05, 0) is 42.0 Å². The van der Waals surface area contributed by atoms with E-state index in [-0.39, 0.29) is 0 Å². The Morgan fingerprint density at radius 1 is 1.00 bits per heavy atom. The molecule has 0 atom stereocenters. The third kappa shape index (κ3) is 3.62. The second kappa shape index (κ2) is 8.48. The van der Waals surface area contributed by atoms with Crippen LogP contribution in [0.5, 0.6) is 5.75 Å². The van der Waals surface area contributed by atoms with Crippen molar-refractivity contribution in [1.29, 1.82) is 0 Å². The summed E-state index contributed by atoms with van der Waals surface area (Å²) in [6.45, 7) is 2.21. The first-order valence-electron chi connectivity index (χ1n) is 9.50. The Kier molecular flexibility index (Phi) is 5.63. The molecule has 28 heavy (non-hydrogen) atoms. The monoisotopic (exact) mass is 389 g/mol. The summed E-state index contributed by atoms with van der Waals surface area (Å²) in [5.41, 5.74) is 4.31. The largest absolute Gasteiger partial charge is 0.497 e. The summed E-state index contributed by atoms with van der Waals surface area (Å²) in [7, 11) is 1.68. The Labute approximate surface area is 169 Å². The Morgan fingerprint density at radius 2 is 1.79 bits per heavy atom. The van der Waals surface area contributed by atoms with E-state index in [2.05, 4.69) is 64.1 Å². The molecule has 0 aliphatic rings. The Morgan fingerprint density at radius 3 is 2.50 bits per heavy atom. The lowest BCUT2D eigenvalue weighted by atomic mass is 10.1. The molecule has 2 aromatic heterocycles. The van der Waals surface area contributed by atoms with Crippen LogP contribution in [0.1, 0.15) is 19.8 Å². The molecule has 0 saturated carbocycles. The first kappa shape index (κ1) is 18.6. The van der Waals surface area contributed by atoms with E-state index in [0.717, 1.165) is 38.8 Å². The van der Waals surface area contributed by atoms with E-state index in [0.29, 0.717) is 0 Å². The molecule has 0 N–H and O–H groups in total. The van der Waals surface area contributed by atoms with Crippen LogP contribution < -0.4 is 4.74 Å². The Balaban J connectivity index is 1.90. The molecule has 0 radical (unpaired) electrons. The summed E-state index contributed by atoms with van der Waals surface area (Å²) in [5, 5.41) is 2.16. The Hall–Kier alpha value is -2.79. The lowest BCUT2D eigenvalue weighted by Gasteiger charge is -2.07. The minimum Gasteiger partial charge on any atom is -0.497 e. The molecule has 0 amide bonds. The normalized spacial score (nSPS) is 11.1. The lowest BCUT2D eigenvalue weighted by Crippen LogP contribution is -1.95. The predicted molar refractivity (Wildman–Crippen MR) is 116 cm³/mol. The average molecular weight is 390 g/mol. The van der Waals surface area contributed by atoms with Gasteiger partial charge in [-0.2, -0.15) is 0 Å².